The van der Waals surface area contributed by atoms with Gasteiger partial charge in [0.1, 0.15) is 5.75 Å². The summed E-state index contributed by atoms with van der Waals surface area (Å²) >= 11 is 2.74. The molecule has 37 heavy (non-hydrogen) atoms. The molecule has 1 saturated heterocycles. The van der Waals surface area contributed by atoms with Gasteiger partial charge in [-0.05, 0) is 36.2 Å². The van der Waals surface area contributed by atoms with Crippen molar-refractivity contribution in [3.8, 4) is 5.75 Å². The SMILES string of the molecule is COC(C(=O)Nc1nnc(N[C@@H]2CCN(c3nc4ncccc4s3)C2)s1)c1cccc(OC(F)(F)F)c1. The van der Waals surface area contributed by atoms with Gasteiger partial charge < -0.3 is 19.7 Å². The van der Waals surface area contributed by atoms with Crippen LogP contribution in [0.25, 0.3) is 10.3 Å². The van der Waals surface area contributed by atoms with Crippen molar-refractivity contribution in [1.82, 2.24) is 20.2 Å². The Balaban J connectivity index is 1.18. The van der Waals surface area contributed by atoms with Crippen LogP contribution in [0.4, 0.5) is 28.6 Å². The molecule has 15 heteroatoms. The van der Waals surface area contributed by atoms with Crippen molar-refractivity contribution in [3.63, 3.8) is 0 Å². The van der Waals surface area contributed by atoms with Crippen LogP contribution in [0, 0.1) is 0 Å². The molecule has 1 aliphatic heterocycles. The highest BCUT2D eigenvalue weighted by Crippen LogP contribution is 2.32. The number of alkyl halides is 3. The summed E-state index contributed by atoms with van der Waals surface area (Å²) in [5.41, 5.74) is 0.929. The van der Waals surface area contributed by atoms with Gasteiger partial charge in [0.15, 0.2) is 16.9 Å². The predicted molar refractivity (Wildman–Crippen MR) is 133 cm³/mol. The number of aromatic nitrogens is 4. The number of pyridine rings is 1. The van der Waals surface area contributed by atoms with E-state index in [1.807, 2.05) is 12.1 Å². The first-order valence-corrected chi connectivity index (χ1v) is 12.7. The Kier molecular flexibility index (Phi) is 7.08. The summed E-state index contributed by atoms with van der Waals surface area (Å²) in [4.78, 5) is 23.8. The fourth-order valence-corrected chi connectivity index (χ4v) is 5.58. The Morgan fingerprint density at radius 2 is 2.03 bits per heavy atom. The number of anilines is 3. The first kappa shape index (κ1) is 25.1. The van der Waals surface area contributed by atoms with Crippen molar-refractivity contribution < 1.29 is 27.4 Å². The number of methoxy groups -OCH3 is 1. The molecule has 2 N–H and O–H groups in total. The standard InChI is InChI=1S/C22H20F3N7O3S2/c1-34-16(12-4-2-5-14(10-12)35-22(23,24)25)18(33)29-20-31-30-19(37-20)27-13-7-9-32(11-13)21-28-17-15(36-21)6-3-8-26-17/h2-6,8,10,13,16H,7,9,11H2,1H3,(H,27,30)(H,29,31,33)/t13-,16?/m1/s1. The normalized spacial score (nSPS) is 16.6. The highest BCUT2D eigenvalue weighted by molar-refractivity contribution is 7.22. The van der Waals surface area contributed by atoms with Gasteiger partial charge >= 0.3 is 6.36 Å². The molecule has 4 heterocycles. The summed E-state index contributed by atoms with van der Waals surface area (Å²) in [5, 5.41) is 15.7. The summed E-state index contributed by atoms with van der Waals surface area (Å²) in [6, 6.07) is 9.05. The minimum absolute atomic E-state index is 0.111. The number of carbonyl (C=O) groups is 1. The third kappa shape index (κ3) is 6.06. The molecule has 10 nitrogen and oxygen atoms in total. The number of amides is 1. The molecule has 194 valence electrons. The molecular formula is C22H20F3N7O3S2. The lowest BCUT2D eigenvalue weighted by molar-refractivity contribution is -0.274. The molecule has 3 aromatic heterocycles. The van der Waals surface area contributed by atoms with Crippen molar-refractivity contribution in [2.45, 2.75) is 24.9 Å². The van der Waals surface area contributed by atoms with E-state index in [1.165, 1.54) is 19.2 Å². The zero-order valence-electron chi connectivity index (χ0n) is 19.2. The van der Waals surface area contributed by atoms with E-state index in [2.05, 4.69) is 40.4 Å². The fraction of sp³-hybridized carbons (Fsp3) is 0.318. The molecule has 0 saturated carbocycles. The van der Waals surface area contributed by atoms with Crippen LogP contribution in [-0.4, -0.2) is 58.7 Å². The summed E-state index contributed by atoms with van der Waals surface area (Å²) < 4.78 is 47.8. The number of fused-ring (bicyclic) bond motifs is 1. The van der Waals surface area contributed by atoms with Gasteiger partial charge in [-0.3, -0.25) is 10.1 Å². The van der Waals surface area contributed by atoms with Crippen LogP contribution in [0.15, 0.2) is 42.6 Å². The molecule has 0 aliphatic carbocycles. The number of hydrogen-bond acceptors (Lipinski definition) is 11. The molecule has 1 amide bonds. The molecule has 0 radical (unpaired) electrons. The van der Waals surface area contributed by atoms with Crippen LogP contribution in [0.1, 0.15) is 18.1 Å². The van der Waals surface area contributed by atoms with Gasteiger partial charge in [0, 0.05) is 32.4 Å². The summed E-state index contributed by atoms with van der Waals surface area (Å²) in [5.74, 6) is -1.05. The van der Waals surface area contributed by atoms with Crippen molar-refractivity contribution in [3.05, 3.63) is 48.2 Å². The molecule has 5 rings (SSSR count). The smallest absolute Gasteiger partial charge is 0.406 e. The molecule has 2 atom stereocenters. The lowest BCUT2D eigenvalue weighted by atomic mass is 10.1. The first-order chi connectivity index (χ1) is 17.8. The van der Waals surface area contributed by atoms with E-state index >= 15 is 0 Å². The van der Waals surface area contributed by atoms with Gasteiger partial charge in [-0.25, -0.2) is 4.98 Å². The van der Waals surface area contributed by atoms with Crippen molar-refractivity contribution in [1.29, 1.82) is 0 Å². The number of rotatable bonds is 8. The molecule has 1 aromatic carbocycles. The van der Waals surface area contributed by atoms with Gasteiger partial charge in [0.05, 0.1) is 4.70 Å². The minimum Gasteiger partial charge on any atom is -0.406 e. The number of nitrogens with one attached hydrogen (secondary N) is 2. The van der Waals surface area contributed by atoms with Crippen LogP contribution >= 0.6 is 22.7 Å². The number of nitrogens with zero attached hydrogens (tertiary/aromatic N) is 5. The van der Waals surface area contributed by atoms with Crippen LogP contribution in [0.3, 0.4) is 0 Å². The summed E-state index contributed by atoms with van der Waals surface area (Å²) in [6.45, 7) is 1.55. The highest BCUT2D eigenvalue weighted by atomic mass is 32.1. The number of thiazole rings is 1. The average Bonchev–Trinajstić information content (AvgIpc) is 3.58. The van der Waals surface area contributed by atoms with E-state index in [1.54, 1.807) is 17.5 Å². The van der Waals surface area contributed by atoms with Crippen molar-refractivity contribution in [2.24, 2.45) is 0 Å². The van der Waals surface area contributed by atoms with Gasteiger partial charge in [0.25, 0.3) is 5.91 Å². The Morgan fingerprint density at radius 1 is 1.19 bits per heavy atom. The van der Waals surface area contributed by atoms with Crippen LogP contribution < -0.4 is 20.3 Å². The zero-order chi connectivity index (χ0) is 26.0. The van der Waals surface area contributed by atoms with E-state index < -0.39 is 24.1 Å². The van der Waals surface area contributed by atoms with Gasteiger partial charge in [0.2, 0.25) is 10.3 Å². The van der Waals surface area contributed by atoms with Crippen molar-refractivity contribution in [2.75, 3.05) is 35.7 Å². The number of benzene rings is 1. The zero-order valence-corrected chi connectivity index (χ0v) is 20.9. The Labute approximate surface area is 216 Å². The van der Waals surface area contributed by atoms with E-state index in [0.29, 0.717) is 5.13 Å². The summed E-state index contributed by atoms with van der Waals surface area (Å²) in [7, 11) is 1.28. The minimum atomic E-state index is -4.85. The van der Waals surface area contributed by atoms with E-state index in [4.69, 9.17) is 4.74 Å². The molecular weight excluding hydrogens is 531 g/mol. The molecule has 1 aliphatic rings. The molecule has 1 unspecified atom stereocenters. The van der Waals surface area contributed by atoms with E-state index in [0.717, 1.165) is 58.5 Å². The quantitative estimate of drug-likeness (QED) is 0.328. The maximum Gasteiger partial charge on any atom is 0.573 e. The number of halogens is 3. The number of ether oxygens (including phenoxy) is 2. The Hall–Kier alpha value is -3.56. The van der Waals surface area contributed by atoms with Gasteiger partial charge in [-0.1, -0.05) is 34.8 Å². The lowest BCUT2D eigenvalue weighted by Crippen LogP contribution is -2.25. The second-order valence-electron chi connectivity index (χ2n) is 8.04. The van der Waals surface area contributed by atoms with Gasteiger partial charge in [-0.15, -0.1) is 23.4 Å². The maximum atomic E-state index is 12.8. The molecule has 0 bridgehead atoms. The predicted octanol–water partition coefficient (Wildman–Crippen LogP) is 4.46. The largest absolute Gasteiger partial charge is 0.573 e. The maximum absolute atomic E-state index is 12.8. The van der Waals surface area contributed by atoms with Crippen LogP contribution in [0.2, 0.25) is 0 Å². The lowest BCUT2D eigenvalue weighted by Gasteiger charge is -2.16. The topological polar surface area (TPSA) is 114 Å². The average molecular weight is 552 g/mol. The highest BCUT2D eigenvalue weighted by Gasteiger charge is 2.32. The number of carbonyl (C=O) groups excluding carboxylic acids is 1. The molecule has 1 fully saturated rings. The monoisotopic (exact) mass is 551 g/mol. The fourth-order valence-electron chi connectivity index (χ4n) is 3.89. The van der Waals surface area contributed by atoms with Crippen LogP contribution in [0.5, 0.6) is 5.75 Å². The first-order valence-electron chi connectivity index (χ1n) is 11.0. The third-order valence-corrected chi connectivity index (χ3v) is 7.30. The molecule has 4 aromatic rings. The van der Waals surface area contributed by atoms with Crippen molar-refractivity contribution >= 4 is 54.3 Å². The Morgan fingerprint density at radius 3 is 2.81 bits per heavy atom. The number of hydrogen-bond donors (Lipinski definition) is 2. The van der Waals surface area contributed by atoms with E-state index in [-0.39, 0.29) is 16.7 Å². The van der Waals surface area contributed by atoms with Gasteiger partial charge in [-0.2, -0.15) is 4.98 Å². The molecule has 0 spiro atoms. The van der Waals surface area contributed by atoms with Crippen LogP contribution in [-0.2, 0) is 9.53 Å². The third-order valence-electron chi connectivity index (χ3n) is 5.46. The second kappa shape index (κ2) is 10.4. The Bertz CT molecular complexity index is 1360. The second-order valence-corrected chi connectivity index (χ2v) is 10.0. The van der Waals surface area contributed by atoms with E-state index in [9.17, 15) is 18.0 Å². The summed E-state index contributed by atoms with van der Waals surface area (Å²) in [6.07, 6.45) is -3.43.